The van der Waals surface area contributed by atoms with Gasteiger partial charge in [-0.3, -0.25) is 0 Å². The van der Waals surface area contributed by atoms with Crippen molar-refractivity contribution in [2.24, 2.45) is 7.05 Å². The van der Waals surface area contributed by atoms with Crippen LogP contribution in [-0.4, -0.2) is 32.3 Å². The molecule has 138 valence electrons. The molecule has 2 aromatic heterocycles. The van der Waals surface area contributed by atoms with E-state index in [9.17, 15) is 0 Å². The van der Waals surface area contributed by atoms with E-state index in [4.69, 9.17) is 4.74 Å². The topological polar surface area (TPSA) is 65.7 Å². The molecule has 6 nitrogen and oxygen atoms in total. The Labute approximate surface area is 158 Å². The molecule has 3 rings (SSSR count). The lowest BCUT2D eigenvalue weighted by atomic mass is 9.84. The average molecular weight is 372 g/mol. The number of rotatable bonds is 7. The van der Waals surface area contributed by atoms with Crippen LogP contribution in [0.1, 0.15) is 43.0 Å². The first-order valence-corrected chi connectivity index (χ1v) is 9.61. The second-order valence-corrected chi connectivity index (χ2v) is 8.18. The monoisotopic (exact) mass is 371 g/mol. The summed E-state index contributed by atoms with van der Waals surface area (Å²) in [5.74, 6) is 1.54. The van der Waals surface area contributed by atoms with Gasteiger partial charge in [-0.25, -0.2) is 4.98 Å². The van der Waals surface area contributed by atoms with Crippen LogP contribution in [0.5, 0.6) is 5.75 Å². The lowest BCUT2D eigenvalue weighted by molar-refractivity contribution is 0.405. The number of hydrogen-bond donors (Lipinski definition) is 0. The highest BCUT2D eigenvalue weighted by atomic mass is 32.1. The maximum absolute atomic E-state index is 5.54. The molecule has 0 radical (unpaired) electrons. The van der Waals surface area contributed by atoms with Crippen LogP contribution in [0.4, 0.5) is 0 Å². The van der Waals surface area contributed by atoms with E-state index in [1.807, 2.05) is 12.1 Å². The molecule has 0 spiro atoms. The Morgan fingerprint density at radius 2 is 2.08 bits per heavy atom. The molecule has 0 aliphatic heterocycles. The zero-order valence-corrected chi connectivity index (χ0v) is 16.8. The van der Waals surface area contributed by atoms with Crippen LogP contribution < -0.4 is 4.74 Å². The Kier molecular flexibility index (Phi) is 5.36. The van der Waals surface area contributed by atoms with Gasteiger partial charge in [0.1, 0.15) is 5.75 Å². The average Bonchev–Trinajstić information content (AvgIpc) is 3.23. The van der Waals surface area contributed by atoms with Crippen LogP contribution in [0.3, 0.4) is 0 Å². The molecule has 0 amide bonds. The fourth-order valence-electron chi connectivity index (χ4n) is 3.04. The minimum atomic E-state index is 0.0715. The quantitative estimate of drug-likeness (QED) is 0.629. The van der Waals surface area contributed by atoms with Crippen LogP contribution in [0.25, 0.3) is 11.4 Å². The molecule has 0 unspecified atom stereocenters. The van der Waals surface area contributed by atoms with E-state index in [1.54, 1.807) is 25.5 Å². The fraction of sp³-hybridized carbons (Fsp3) is 0.474. The van der Waals surface area contributed by atoms with Gasteiger partial charge in [0.05, 0.1) is 24.9 Å². The molecule has 0 saturated carbocycles. The molecule has 0 atom stereocenters. The number of ether oxygens (including phenoxy) is 1. The number of hydrogen-bond acceptors (Lipinski definition) is 6. The predicted molar refractivity (Wildman–Crippen MR) is 104 cm³/mol. The molecule has 0 bridgehead atoms. The highest BCUT2D eigenvalue weighted by molar-refractivity contribution is 7.09. The molecule has 0 aliphatic rings. The molecule has 26 heavy (non-hydrogen) atoms. The Hall–Kier alpha value is -2.28. The Bertz CT molecular complexity index is 884. The number of tetrazole rings is 1. The summed E-state index contributed by atoms with van der Waals surface area (Å²) >= 11 is 1.72. The lowest BCUT2D eigenvalue weighted by Crippen LogP contribution is -2.18. The van der Waals surface area contributed by atoms with Gasteiger partial charge >= 0.3 is 0 Å². The van der Waals surface area contributed by atoms with Gasteiger partial charge in [0, 0.05) is 16.4 Å². The minimum absolute atomic E-state index is 0.0715. The van der Waals surface area contributed by atoms with Crippen molar-refractivity contribution in [2.45, 2.75) is 45.4 Å². The van der Waals surface area contributed by atoms with Crippen molar-refractivity contribution in [1.29, 1.82) is 0 Å². The molecule has 3 aromatic rings. The van der Waals surface area contributed by atoms with E-state index in [0.717, 1.165) is 35.6 Å². The zero-order chi connectivity index (χ0) is 18.7. The van der Waals surface area contributed by atoms with Gasteiger partial charge in [0.25, 0.3) is 0 Å². The number of aromatic nitrogens is 5. The number of methoxy groups -OCH3 is 1. The predicted octanol–water partition coefficient (Wildman–Crippen LogP) is 3.95. The standard InChI is InChI=1S/C19H25N5OS/c1-13-20-17(12-26-13)19(2,3)10-6-7-14-11-15(8-9-16(14)25-5)18-21-23-24(4)22-18/h8-9,11-12H,6-7,10H2,1-5H3. The third-order valence-electron chi connectivity index (χ3n) is 4.61. The third-order valence-corrected chi connectivity index (χ3v) is 5.38. The van der Waals surface area contributed by atoms with Crippen molar-refractivity contribution >= 4 is 11.3 Å². The summed E-state index contributed by atoms with van der Waals surface area (Å²) < 4.78 is 5.54. The first-order chi connectivity index (χ1) is 12.4. The number of aryl methyl sites for hydroxylation is 3. The Morgan fingerprint density at radius 1 is 1.27 bits per heavy atom. The van der Waals surface area contributed by atoms with Crippen molar-refractivity contribution in [3.63, 3.8) is 0 Å². The van der Waals surface area contributed by atoms with Crippen molar-refractivity contribution in [3.05, 3.63) is 39.8 Å². The first-order valence-electron chi connectivity index (χ1n) is 8.73. The van der Waals surface area contributed by atoms with E-state index in [1.165, 1.54) is 16.1 Å². The van der Waals surface area contributed by atoms with Crippen LogP contribution in [0, 0.1) is 6.92 Å². The SMILES string of the molecule is COc1ccc(-c2nnn(C)n2)cc1CCCC(C)(C)c1csc(C)n1. The number of nitrogens with zero attached hydrogens (tertiary/aromatic N) is 5. The summed E-state index contributed by atoms with van der Waals surface area (Å²) in [5.41, 5.74) is 3.39. The van der Waals surface area contributed by atoms with Gasteiger partial charge in [-0.15, -0.1) is 21.5 Å². The molecule has 0 N–H and O–H groups in total. The van der Waals surface area contributed by atoms with Crippen LogP contribution in [-0.2, 0) is 18.9 Å². The maximum Gasteiger partial charge on any atom is 0.204 e. The van der Waals surface area contributed by atoms with Crippen molar-refractivity contribution in [1.82, 2.24) is 25.2 Å². The van der Waals surface area contributed by atoms with Crippen LogP contribution in [0.15, 0.2) is 23.6 Å². The van der Waals surface area contributed by atoms with Gasteiger partial charge in [0.15, 0.2) is 0 Å². The van der Waals surface area contributed by atoms with E-state index in [0.29, 0.717) is 5.82 Å². The normalized spacial score (nSPS) is 11.7. The summed E-state index contributed by atoms with van der Waals surface area (Å²) in [6.07, 6.45) is 3.05. The largest absolute Gasteiger partial charge is 0.496 e. The van der Waals surface area contributed by atoms with Crippen molar-refractivity contribution in [2.75, 3.05) is 7.11 Å². The summed E-state index contributed by atoms with van der Waals surface area (Å²) in [6.45, 7) is 6.58. The molecule has 1 aromatic carbocycles. The van der Waals surface area contributed by atoms with Crippen molar-refractivity contribution < 1.29 is 4.74 Å². The number of thiazole rings is 1. The molecule has 2 heterocycles. The van der Waals surface area contributed by atoms with E-state index in [-0.39, 0.29) is 5.41 Å². The fourth-order valence-corrected chi connectivity index (χ4v) is 3.84. The minimum Gasteiger partial charge on any atom is -0.496 e. The second kappa shape index (κ2) is 7.53. The van der Waals surface area contributed by atoms with Crippen molar-refractivity contribution in [3.8, 4) is 17.1 Å². The smallest absolute Gasteiger partial charge is 0.204 e. The third kappa shape index (κ3) is 4.09. The summed E-state index contributed by atoms with van der Waals surface area (Å²) in [4.78, 5) is 6.14. The van der Waals surface area contributed by atoms with Gasteiger partial charge in [-0.2, -0.15) is 4.80 Å². The molecule has 0 aliphatic carbocycles. The molecule has 0 saturated heterocycles. The van der Waals surface area contributed by atoms with Gasteiger partial charge < -0.3 is 4.74 Å². The highest BCUT2D eigenvalue weighted by Crippen LogP contribution is 2.31. The first kappa shape index (κ1) is 18.5. The van der Waals surface area contributed by atoms with E-state index < -0.39 is 0 Å². The lowest BCUT2D eigenvalue weighted by Gasteiger charge is -2.22. The maximum atomic E-state index is 5.54. The molecule has 7 heteroatoms. The van der Waals surface area contributed by atoms with Crippen LogP contribution in [0.2, 0.25) is 0 Å². The van der Waals surface area contributed by atoms with E-state index in [2.05, 4.69) is 52.6 Å². The van der Waals surface area contributed by atoms with Crippen LogP contribution >= 0.6 is 11.3 Å². The summed E-state index contributed by atoms with van der Waals surface area (Å²) in [5, 5.41) is 15.6. The Balaban J connectivity index is 1.72. The highest BCUT2D eigenvalue weighted by Gasteiger charge is 2.23. The number of benzene rings is 1. The second-order valence-electron chi connectivity index (χ2n) is 7.12. The molecular weight excluding hydrogens is 346 g/mol. The van der Waals surface area contributed by atoms with E-state index >= 15 is 0 Å². The van der Waals surface area contributed by atoms with Gasteiger partial charge in [-0.1, -0.05) is 13.8 Å². The summed E-state index contributed by atoms with van der Waals surface area (Å²) in [6, 6.07) is 6.06. The zero-order valence-electron chi connectivity index (χ0n) is 16.0. The summed E-state index contributed by atoms with van der Waals surface area (Å²) in [7, 11) is 3.48. The molecule has 0 fully saturated rings. The molecular formula is C19H25N5OS. The van der Waals surface area contributed by atoms with Gasteiger partial charge in [-0.05, 0) is 55.2 Å². The van der Waals surface area contributed by atoms with Gasteiger partial charge in [0.2, 0.25) is 5.82 Å². The Morgan fingerprint density at radius 3 is 2.69 bits per heavy atom.